The Morgan fingerprint density at radius 2 is 2.08 bits per heavy atom. The number of nitrogens with one attached hydrogen (secondary N) is 2. The molecule has 1 atom stereocenters. The molecule has 3 aromatic rings. The minimum absolute atomic E-state index is 0.269. The number of benzene rings is 1. The summed E-state index contributed by atoms with van der Waals surface area (Å²) in [5, 5.41) is 2.77. The predicted octanol–water partition coefficient (Wildman–Crippen LogP) is 1.77. The Morgan fingerprint density at radius 1 is 1.29 bits per heavy atom. The van der Waals surface area contributed by atoms with E-state index in [0.29, 0.717) is 11.4 Å². The zero-order chi connectivity index (χ0) is 17.1. The fourth-order valence-electron chi connectivity index (χ4n) is 2.41. The predicted molar refractivity (Wildman–Crippen MR) is 86.0 cm³/mol. The van der Waals surface area contributed by atoms with Crippen LogP contribution in [0.5, 0.6) is 0 Å². The lowest BCUT2D eigenvalue weighted by molar-refractivity contribution is 0.0940. The zero-order valence-corrected chi connectivity index (χ0v) is 12.9. The number of hydrogen-bond donors (Lipinski definition) is 2. The molecule has 0 saturated heterocycles. The van der Waals surface area contributed by atoms with Gasteiger partial charge in [-0.05, 0) is 12.1 Å². The SMILES string of the molecule is Cn1ccnc1[C@H](NC(=O)c1ccc(=O)[nH]c1)c1ccccc1F. The van der Waals surface area contributed by atoms with Crippen LogP contribution in [0.25, 0.3) is 0 Å². The van der Waals surface area contributed by atoms with E-state index in [4.69, 9.17) is 0 Å². The molecule has 122 valence electrons. The van der Waals surface area contributed by atoms with Gasteiger partial charge in [-0.15, -0.1) is 0 Å². The maximum atomic E-state index is 14.2. The molecule has 0 aliphatic carbocycles. The molecule has 6 nitrogen and oxygen atoms in total. The summed E-state index contributed by atoms with van der Waals surface area (Å²) in [5.41, 5.74) is 0.274. The summed E-state index contributed by atoms with van der Waals surface area (Å²) in [6, 6.07) is 8.11. The van der Waals surface area contributed by atoms with Crippen molar-refractivity contribution < 1.29 is 9.18 Å². The van der Waals surface area contributed by atoms with Gasteiger partial charge in [0.25, 0.3) is 5.91 Å². The number of halogens is 1. The van der Waals surface area contributed by atoms with E-state index in [2.05, 4.69) is 15.3 Å². The van der Waals surface area contributed by atoms with Crippen LogP contribution in [0.4, 0.5) is 4.39 Å². The second kappa shape index (κ2) is 6.49. The number of carbonyl (C=O) groups excluding carboxylic acids is 1. The van der Waals surface area contributed by atoms with Gasteiger partial charge in [0.05, 0.1) is 5.56 Å². The standard InChI is InChI=1S/C17H15FN4O2/c1-22-9-8-19-16(22)15(12-4-2-3-5-13(12)18)21-17(24)11-6-7-14(23)20-10-11/h2-10,15H,1H3,(H,20,23)(H,21,24)/t15-/m1/s1. The lowest BCUT2D eigenvalue weighted by atomic mass is 10.0. The van der Waals surface area contributed by atoms with Crippen LogP contribution in [0.1, 0.15) is 27.8 Å². The van der Waals surface area contributed by atoms with Gasteiger partial charge < -0.3 is 14.9 Å². The van der Waals surface area contributed by atoms with E-state index < -0.39 is 17.8 Å². The molecule has 0 bridgehead atoms. The number of imidazole rings is 1. The molecule has 0 fully saturated rings. The van der Waals surface area contributed by atoms with Crippen LogP contribution in [-0.2, 0) is 7.05 Å². The van der Waals surface area contributed by atoms with Gasteiger partial charge >= 0.3 is 0 Å². The van der Waals surface area contributed by atoms with Gasteiger partial charge in [-0.25, -0.2) is 9.37 Å². The number of carbonyl (C=O) groups is 1. The van der Waals surface area contributed by atoms with Gasteiger partial charge in [0.2, 0.25) is 5.56 Å². The molecule has 2 N–H and O–H groups in total. The largest absolute Gasteiger partial charge is 0.338 e. The molecule has 2 heterocycles. The minimum Gasteiger partial charge on any atom is -0.338 e. The van der Waals surface area contributed by atoms with E-state index in [0.717, 1.165) is 0 Å². The summed E-state index contributed by atoms with van der Waals surface area (Å²) in [5.74, 6) is -0.382. The van der Waals surface area contributed by atoms with Gasteiger partial charge in [0, 0.05) is 37.3 Å². The number of hydrogen-bond acceptors (Lipinski definition) is 3. The zero-order valence-electron chi connectivity index (χ0n) is 12.9. The molecule has 1 aromatic carbocycles. The monoisotopic (exact) mass is 326 g/mol. The van der Waals surface area contributed by atoms with E-state index in [9.17, 15) is 14.0 Å². The highest BCUT2D eigenvalue weighted by Gasteiger charge is 2.24. The molecule has 0 aliphatic heterocycles. The highest BCUT2D eigenvalue weighted by Crippen LogP contribution is 2.23. The molecule has 3 rings (SSSR count). The summed E-state index contributed by atoms with van der Waals surface area (Å²) in [7, 11) is 1.77. The van der Waals surface area contributed by atoms with Gasteiger partial charge in [0.1, 0.15) is 17.7 Å². The summed E-state index contributed by atoms with van der Waals surface area (Å²) in [4.78, 5) is 30.2. The van der Waals surface area contributed by atoms with E-state index in [1.165, 1.54) is 24.4 Å². The van der Waals surface area contributed by atoms with E-state index >= 15 is 0 Å². The van der Waals surface area contributed by atoms with Crippen molar-refractivity contribution in [2.45, 2.75) is 6.04 Å². The second-order valence-electron chi connectivity index (χ2n) is 5.27. The van der Waals surface area contributed by atoms with Crippen LogP contribution in [0.15, 0.2) is 59.8 Å². The number of H-pyrrole nitrogens is 1. The second-order valence-corrected chi connectivity index (χ2v) is 5.27. The number of nitrogens with zero attached hydrogens (tertiary/aromatic N) is 2. The maximum absolute atomic E-state index is 14.2. The third-order valence-electron chi connectivity index (χ3n) is 3.65. The van der Waals surface area contributed by atoms with Crippen LogP contribution >= 0.6 is 0 Å². The average molecular weight is 326 g/mol. The van der Waals surface area contributed by atoms with Crippen molar-refractivity contribution in [3.05, 3.63) is 88.1 Å². The van der Waals surface area contributed by atoms with Crippen LogP contribution < -0.4 is 10.9 Å². The fourth-order valence-corrected chi connectivity index (χ4v) is 2.41. The maximum Gasteiger partial charge on any atom is 0.253 e. The Bertz CT molecular complexity index is 912. The van der Waals surface area contributed by atoms with Gasteiger partial charge in [-0.1, -0.05) is 18.2 Å². The Balaban J connectivity index is 1.98. The minimum atomic E-state index is -0.759. The first-order chi connectivity index (χ1) is 11.6. The smallest absolute Gasteiger partial charge is 0.253 e. The summed E-state index contributed by atoms with van der Waals surface area (Å²) in [6.07, 6.45) is 4.61. The first-order valence-corrected chi connectivity index (χ1v) is 7.27. The fraction of sp³-hybridized carbons (Fsp3) is 0.118. The molecule has 0 aliphatic rings. The van der Waals surface area contributed by atoms with Gasteiger partial charge in [-0.3, -0.25) is 9.59 Å². The Labute approximate surface area is 137 Å². The third-order valence-corrected chi connectivity index (χ3v) is 3.65. The van der Waals surface area contributed by atoms with Crippen molar-refractivity contribution in [3.63, 3.8) is 0 Å². The number of pyridine rings is 1. The summed E-state index contributed by atoms with van der Waals surface area (Å²) >= 11 is 0. The van der Waals surface area contributed by atoms with Crippen molar-refractivity contribution in [1.82, 2.24) is 19.9 Å². The highest BCUT2D eigenvalue weighted by molar-refractivity contribution is 5.94. The lowest BCUT2D eigenvalue weighted by Gasteiger charge is -2.19. The lowest BCUT2D eigenvalue weighted by Crippen LogP contribution is -2.32. The normalized spacial score (nSPS) is 11.9. The topological polar surface area (TPSA) is 79.8 Å². The number of aromatic amines is 1. The number of aryl methyl sites for hydroxylation is 1. The Morgan fingerprint density at radius 3 is 2.71 bits per heavy atom. The molecule has 0 spiro atoms. The van der Waals surface area contributed by atoms with Crippen molar-refractivity contribution in [2.75, 3.05) is 0 Å². The molecule has 24 heavy (non-hydrogen) atoms. The molecule has 0 saturated carbocycles. The van der Waals surface area contributed by atoms with Crippen LogP contribution in [0.2, 0.25) is 0 Å². The van der Waals surface area contributed by atoms with E-state index in [1.54, 1.807) is 42.2 Å². The van der Waals surface area contributed by atoms with Crippen molar-refractivity contribution >= 4 is 5.91 Å². The molecular formula is C17H15FN4O2. The molecule has 0 unspecified atom stereocenters. The van der Waals surface area contributed by atoms with Crippen molar-refractivity contribution in [1.29, 1.82) is 0 Å². The first kappa shape index (κ1) is 15.7. The third kappa shape index (κ3) is 3.10. The molecule has 0 radical (unpaired) electrons. The van der Waals surface area contributed by atoms with Crippen LogP contribution in [0, 0.1) is 5.82 Å². The van der Waals surface area contributed by atoms with E-state index in [1.807, 2.05) is 0 Å². The Kier molecular flexibility index (Phi) is 4.24. The summed E-state index contributed by atoms with van der Waals surface area (Å²) < 4.78 is 15.9. The number of rotatable bonds is 4. The average Bonchev–Trinajstić information content (AvgIpc) is 3.00. The molecule has 2 aromatic heterocycles. The summed E-state index contributed by atoms with van der Waals surface area (Å²) in [6.45, 7) is 0. The molecule has 7 heteroatoms. The first-order valence-electron chi connectivity index (χ1n) is 7.27. The number of amides is 1. The van der Waals surface area contributed by atoms with Crippen LogP contribution in [0.3, 0.4) is 0 Å². The van der Waals surface area contributed by atoms with E-state index in [-0.39, 0.29) is 11.1 Å². The van der Waals surface area contributed by atoms with Gasteiger partial charge in [0.15, 0.2) is 0 Å². The van der Waals surface area contributed by atoms with Crippen molar-refractivity contribution in [3.8, 4) is 0 Å². The van der Waals surface area contributed by atoms with Crippen LogP contribution in [-0.4, -0.2) is 20.4 Å². The molecule has 1 amide bonds. The highest BCUT2D eigenvalue weighted by atomic mass is 19.1. The molecular weight excluding hydrogens is 311 g/mol. The Hall–Kier alpha value is -3.22. The quantitative estimate of drug-likeness (QED) is 0.767. The number of aromatic nitrogens is 3. The van der Waals surface area contributed by atoms with Gasteiger partial charge in [-0.2, -0.15) is 0 Å². The van der Waals surface area contributed by atoms with Crippen molar-refractivity contribution in [2.24, 2.45) is 7.05 Å².